The molecule has 5 heteroatoms. The van der Waals surface area contributed by atoms with Crippen molar-refractivity contribution in [2.45, 2.75) is 6.10 Å². The van der Waals surface area contributed by atoms with Gasteiger partial charge in [-0.05, 0) is 23.3 Å². The van der Waals surface area contributed by atoms with Crippen molar-refractivity contribution < 1.29 is 24.2 Å². The third kappa shape index (κ3) is 2.71. The number of esters is 2. The number of hydrogen-bond acceptors (Lipinski definition) is 5. The molecule has 0 saturated carbocycles. The molecule has 0 radical (unpaired) electrons. The van der Waals surface area contributed by atoms with Crippen LogP contribution in [0.25, 0.3) is 11.1 Å². The van der Waals surface area contributed by atoms with Gasteiger partial charge in [0.15, 0.2) is 0 Å². The van der Waals surface area contributed by atoms with E-state index in [1.54, 1.807) is 48.5 Å². The summed E-state index contributed by atoms with van der Waals surface area (Å²) >= 11 is 0. The quantitative estimate of drug-likeness (QED) is 0.754. The molecule has 2 aromatic carbocycles. The summed E-state index contributed by atoms with van der Waals surface area (Å²) in [5, 5.41) is 9.70. The third-order valence-corrected chi connectivity index (χ3v) is 3.40. The Morgan fingerprint density at radius 2 is 1.09 bits per heavy atom. The summed E-state index contributed by atoms with van der Waals surface area (Å²) in [7, 11) is 0. The van der Waals surface area contributed by atoms with Crippen LogP contribution in [0.15, 0.2) is 48.5 Å². The molecular formula is C17H14O5. The summed E-state index contributed by atoms with van der Waals surface area (Å²) in [4.78, 5) is 24.4. The number of carbonyl (C=O) groups is 2. The molecule has 0 amide bonds. The lowest BCUT2D eigenvalue weighted by atomic mass is 9.95. The molecule has 1 heterocycles. The Balaban J connectivity index is 2.19. The second-order valence-corrected chi connectivity index (χ2v) is 4.94. The second-order valence-electron chi connectivity index (χ2n) is 4.94. The summed E-state index contributed by atoms with van der Waals surface area (Å²) in [6.07, 6.45) is -1.05. The molecule has 112 valence electrons. The fourth-order valence-electron chi connectivity index (χ4n) is 2.34. The maximum atomic E-state index is 12.2. The molecule has 1 aliphatic heterocycles. The Kier molecular flexibility index (Phi) is 3.89. The Hall–Kier alpha value is -2.66. The molecule has 0 fully saturated rings. The number of fused-ring (bicyclic) bond motifs is 3. The van der Waals surface area contributed by atoms with E-state index in [4.69, 9.17) is 9.47 Å². The van der Waals surface area contributed by atoms with Crippen LogP contribution in [0.5, 0.6) is 0 Å². The smallest absolute Gasteiger partial charge is 0.338 e. The minimum absolute atomic E-state index is 0.225. The summed E-state index contributed by atoms with van der Waals surface area (Å²) in [6, 6.07) is 13.8. The zero-order valence-electron chi connectivity index (χ0n) is 11.7. The van der Waals surface area contributed by atoms with Crippen LogP contribution in [-0.2, 0) is 9.47 Å². The minimum atomic E-state index is -1.05. The van der Waals surface area contributed by atoms with E-state index in [2.05, 4.69) is 0 Å². The van der Waals surface area contributed by atoms with Crippen molar-refractivity contribution >= 4 is 11.9 Å². The molecule has 5 nitrogen and oxygen atoms in total. The van der Waals surface area contributed by atoms with Crippen LogP contribution in [-0.4, -0.2) is 36.4 Å². The number of cyclic esters (lactones) is 2. The molecule has 0 aromatic heterocycles. The Morgan fingerprint density at radius 1 is 0.727 bits per heavy atom. The molecule has 1 N–H and O–H groups in total. The predicted molar refractivity (Wildman–Crippen MR) is 78.4 cm³/mol. The van der Waals surface area contributed by atoms with Crippen molar-refractivity contribution in [1.82, 2.24) is 0 Å². The number of aliphatic hydroxyl groups excluding tert-OH is 1. The molecule has 0 aliphatic carbocycles. The highest BCUT2D eigenvalue weighted by Gasteiger charge is 2.22. The van der Waals surface area contributed by atoms with E-state index >= 15 is 0 Å². The van der Waals surface area contributed by atoms with Crippen LogP contribution in [0.1, 0.15) is 20.7 Å². The molecule has 3 rings (SSSR count). The normalized spacial score (nSPS) is 15.9. The summed E-state index contributed by atoms with van der Waals surface area (Å²) in [5.74, 6) is -1.09. The van der Waals surface area contributed by atoms with E-state index in [-0.39, 0.29) is 13.2 Å². The maximum Gasteiger partial charge on any atom is 0.338 e. The molecule has 0 atom stereocenters. The maximum absolute atomic E-state index is 12.2. The third-order valence-electron chi connectivity index (χ3n) is 3.40. The van der Waals surface area contributed by atoms with E-state index in [1.165, 1.54) is 0 Å². The fraction of sp³-hybridized carbons (Fsp3) is 0.176. The van der Waals surface area contributed by atoms with Crippen LogP contribution in [0.4, 0.5) is 0 Å². The number of ether oxygens (including phenoxy) is 2. The highest BCUT2D eigenvalue weighted by molar-refractivity contribution is 6.03. The van der Waals surface area contributed by atoms with Gasteiger partial charge in [0.2, 0.25) is 0 Å². The van der Waals surface area contributed by atoms with E-state index in [0.717, 1.165) is 0 Å². The van der Waals surface area contributed by atoms with Crippen molar-refractivity contribution in [2.75, 3.05) is 13.2 Å². The van der Waals surface area contributed by atoms with Gasteiger partial charge in [-0.2, -0.15) is 0 Å². The highest BCUT2D eigenvalue weighted by Crippen LogP contribution is 2.28. The molecular weight excluding hydrogens is 284 g/mol. The van der Waals surface area contributed by atoms with Crippen LogP contribution in [0.2, 0.25) is 0 Å². The lowest BCUT2D eigenvalue weighted by Crippen LogP contribution is -2.25. The zero-order chi connectivity index (χ0) is 15.5. The van der Waals surface area contributed by atoms with Crippen molar-refractivity contribution in [2.24, 2.45) is 0 Å². The number of carbonyl (C=O) groups excluding carboxylic acids is 2. The van der Waals surface area contributed by atoms with Gasteiger partial charge < -0.3 is 14.6 Å². The molecule has 22 heavy (non-hydrogen) atoms. The van der Waals surface area contributed by atoms with Crippen LogP contribution >= 0.6 is 0 Å². The van der Waals surface area contributed by atoms with Gasteiger partial charge in [-0.1, -0.05) is 36.4 Å². The molecule has 0 bridgehead atoms. The molecule has 1 aliphatic rings. The first-order valence-corrected chi connectivity index (χ1v) is 6.87. The van der Waals surface area contributed by atoms with E-state index in [0.29, 0.717) is 22.3 Å². The average molecular weight is 298 g/mol. The van der Waals surface area contributed by atoms with Crippen LogP contribution in [0.3, 0.4) is 0 Å². The van der Waals surface area contributed by atoms with Gasteiger partial charge in [-0.3, -0.25) is 0 Å². The Morgan fingerprint density at radius 3 is 1.50 bits per heavy atom. The van der Waals surface area contributed by atoms with Gasteiger partial charge in [0.1, 0.15) is 19.3 Å². The summed E-state index contributed by atoms with van der Waals surface area (Å²) in [5.41, 5.74) is 1.88. The predicted octanol–water partition coefficient (Wildman–Crippen LogP) is 2.04. The SMILES string of the molecule is O=C1OCC(O)COC(=O)c2ccccc2-c2ccccc21. The van der Waals surface area contributed by atoms with Crippen molar-refractivity contribution in [3.05, 3.63) is 59.7 Å². The fourth-order valence-corrected chi connectivity index (χ4v) is 2.34. The van der Waals surface area contributed by atoms with Gasteiger partial charge in [-0.15, -0.1) is 0 Å². The molecule has 0 spiro atoms. The zero-order valence-corrected chi connectivity index (χ0v) is 11.7. The first-order chi connectivity index (χ1) is 10.7. The van der Waals surface area contributed by atoms with Gasteiger partial charge in [0.25, 0.3) is 0 Å². The van der Waals surface area contributed by atoms with Crippen molar-refractivity contribution in [1.29, 1.82) is 0 Å². The van der Waals surface area contributed by atoms with E-state index in [9.17, 15) is 14.7 Å². The average Bonchev–Trinajstić information content (AvgIpc) is 2.58. The van der Waals surface area contributed by atoms with E-state index < -0.39 is 18.0 Å². The highest BCUT2D eigenvalue weighted by atomic mass is 16.6. The van der Waals surface area contributed by atoms with Crippen LogP contribution in [0, 0.1) is 0 Å². The van der Waals surface area contributed by atoms with Gasteiger partial charge in [-0.25, -0.2) is 9.59 Å². The number of aliphatic hydroxyl groups is 1. The minimum Gasteiger partial charge on any atom is -0.459 e. The van der Waals surface area contributed by atoms with Crippen molar-refractivity contribution in [3.8, 4) is 11.1 Å². The second kappa shape index (κ2) is 5.99. The van der Waals surface area contributed by atoms with Gasteiger partial charge >= 0.3 is 11.9 Å². The summed E-state index contributed by atoms with van der Waals surface area (Å²) < 4.78 is 10.2. The lowest BCUT2D eigenvalue weighted by molar-refractivity contribution is -0.00441. The van der Waals surface area contributed by atoms with Gasteiger partial charge in [0, 0.05) is 0 Å². The van der Waals surface area contributed by atoms with Gasteiger partial charge in [0.05, 0.1) is 11.1 Å². The number of benzene rings is 2. The Bertz CT molecular complexity index is 661. The monoisotopic (exact) mass is 298 g/mol. The number of rotatable bonds is 0. The number of hydrogen-bond donors (Lipinski definition) is 1. The first-order valence-electron chi connectivity index (χ1n) is 6.87. The first kappa shape index (κ1) is 14.3. The lowest BCUT2D eigenvalue weighted by Gasteiger charge is -2.11. The summed E-state index contributed by atoms with van der Waals surface area (Å²) in [6.45, 7) is -0.451. The standard InChI is InChI=1S/C17H14O5/c18-11-9-21-16(19)14-7-3-1-5-12(14)13-6-2-4-8-15(13)17(20)22-10-11/h1-8,11,18H,9-10H2. The topological polar surface area (TPSA) is 72.8 Å². The largest absolute Gasteiger partial charge is 0.459 e. The van der Waals surface area contributed by atoms with Crippen LogP contribution < -0.4 is 0 Å². The van der Waals surface area contributed by atoms with Crippen molar-refractivity contribution in [3.63, 3.8) is 0 Å². The Labute approximate surface area is 127 Å². The molecule has 2 aromatic rings. The van der Waals surface area contributed by atoms with E-state index in [1.807, 2.05) is 0 Å². The molecule has 0 saturated heterocycles. The molecule has 0 unspecified atom stereocenters.